The maximum Gasteiger partial charge on any atom is 0.277 e. The lowest BCUT2D eigenvalue weighted by molar-refractivity contribution is -0.113. The summed E-state index contributed by atoms with van der Waals surface area (Å²) in [4.78, 5) is 15.8. The predicted octanol–water partition coefficient (Wildman–Crippen LogP) is 2.57. The number of aromatic hydroxyl groups is 1. The van der Waals surface area contributed by atoms with Crippen molar-refractivity contribution >= 4 is 23.4 Å². The number of benzene rings is 1. The van der Waals surface area contributed by atoms with Crippen molar-refractivity contribution in [3.63, 3.8) is 0 Å². The van der Waals surface area contributed by atoms with Crippen LogP contribution < -0.4 is 5.32 Å². The second kappa shape index (κ2) is 6.93. The van der Waals surface area contributed by atoms with E-state index in [1.165, 1.54) is 6.07 Å². The molecule has 3 rings (SSSR count). The van der Waals surface area contributed by atoms with E-state index in [1.807, 2.05) is 0 Å². The van der Waals surface area contributed by atoms with Crippen LogP contribution in [0.5, 0.6) is 5.75 Å². The van der Waals surface area contributed by atoms with Gasteiger partial charge in [-0.05, 0) is 24.3 Å². The van der Waals surface area contributed by atoms with Crippen molar-refractivity contribution in [2.45, 2.75) is 5.22 Å². The quantitative estimate of drug-likeness (QED) is 0.548. The summed E-state index contributed by atoms with van der Waals surface area (Å²) in [5.41, 5.74) is 1.12. The molecule has 0 aliphatic rings. The number of phenols is 1. The number of nitrogens with zero attached hydrogens (tertiary/aromatic N) is 3. The zero-order valence-electron chi connectivity index (χ0n) is 11.8. The molecule has 23 heavy (non-hydrogen) atoms. The third kappa shape index (κ3) is 3.86. The van der Waals surface area contributed by atoms with Crippen molar-refractivity contribution in [1.82, 2.24) is 15.2 Å². The highest BCUT2D eigenvalue weighted by Gasteiger charge is 2.12. The first-order chi connectivity index (χ1) is 11.2. The van der Waals surface area contributed by atoms with Crippen molar-refractivity contribution in [3.8, 4) is 17.2 Å². The van der Waals surface area contributed by atoms with Crippen LogP contribution in [0.4, 0.5) is 5.69 Å². The molecular formula is C15H12N4O3S. The number of amides is 1. The van der Waals surface area contributed by atoms with Gasteiger partial charge in [0.2, 0.25) is 11.8 Å². The average Bonchev–Trinajstić information content (AvgIpc) is 3.05. The van der Waals surface area contributed by atoms with Crippen LogP contribution in [-0.2, 0) is 4.79 Å². The Bertz CT molecular complexity index is 807. The fourth-order valence-corrected chi connectivity index (χ4v) is 2.34. The summed E-state index contributed by atoms with van der Waals surface area (Å²) in [6.45, 7) is 0. The predicted molar refractivity (Wildman–Crippen MR) is 85.0 cm³/mol. The number of anilines is 1. The molecule has 1 amide bonds. The SMILES string of the molecule is O=C(CSc1nnc(-c2ccncc2)o1)Nc1ccccc1O. The molecule has 2 heterocycles. The summed E-state index contributed by atoms with van der Waals surface area (Å²) in [6, 6.07) is 10.0. The van der Waals surface area contributed by atoms with Gasteiger partial charge in [-0.3, -0.25) is 9.78 Å². The van der Waals surface area contributed by atoms with E-state index in [-0.39, 0.29) is 17.4 Å². The van der Waals surface area contributed by atoms with E-state index in [0.29, 0.717) is 16.8 Å². The highest BCUT2D eigenvalue weighted by Crippen LogP contribution is 2.24. The number of phenolic OH excluding ortho intramolecular Hbond substituents is 1. The normalized spacial score (nSPS) is 10.4. The number of carbonyl (C=O) groups excluding carboxylic acids is 1. The Morgan fingerprint density at radius 3 is 2.74 bits per heavy atom. The van der Waals surface area contributed by atoms with Gasteiger partial charge in [0.05, 0.1) is 11.4 Å². The van der Waals surface area contributed by atoms with E-state index in [0.717, 1.165) is 17.3 Å². The number of thioether (sulfide) groups is 1. The summed E-state index contributed by atoms with van der Waals surface area (Å²) in [5, 5.41) is 20.3. The Morgan fingerprint density at radius 1 is 1.17 bits per heavy atom. The molecule has 0 bridgehead atoms. The number of para-hydroxylation sites is 2. The minimum atomic E-state index is -0.278. The molecule has 8 heteroatoms. The smallest absolute Gasteiger partial charge is 0.277 e. The van der Waals surface area contributed by atoms with E-state index in [2.05, 4.69) is 20.5 Å². The summed E-state index contributed by atoms with van der Waals surface area (Å²) in [5.74, 6) is 0.201. The number of hydrogen-bond donors (Lipinski definition) is 2. The second-order valence-corrected chi connectivity index (χ2v) is 5.39. The molecule has 3 aromatic rings. The van der Waals surface area contributed by atoms with Gasteiger partial charge >= 0.3 is 0 Å². The monoisotopic (exact) mass is 328 g/mol. The van der Waals surface area contributed by atoms with Crippen molar-refractivity contribution in [3.05, 3.63) is 48.8 Å². The maximum absolute atomic E-state index is 11.9. The van der Waals surface area contributed by atoms with Gasteiger partial charge in [-0.1, -0.05) is 23.9 Å². The lowest BCUT2D eigenvalue weighted by atomic mass is 10.3. The molecule has 0 saturated heterocycles. The number of rotatable bonds is 5. The molecule has 0 fully saturated rings. The van der Waals surface area contributed by atoms with Gasteiger partial charge in [-0.2, -0.15) is 0 Å². The van der Waals surface area contributed by atoms with E-state index in [1.54, 1.807) is 42.7 Å². The zero-order chi connectivity index (χ0) is 16.1. The van der Waals surface area contributed by atoms with E-state index >= 15 is 0 Å². The van der Waals surface area contributed by atoms with Crippen LogP contribution >= 0.6 is 11.8 Å². The number of pyridine rings is 1. The van der Waals surface area contributed by atoms with Crippen molar-refractivity contribution in [1.29, 1.82) is 0 Å². The van der Waals surface area contributed by atoms with Crippen LogP contribution in [0.2, 0.25) is 0 Å². The molecule has 1 aromatic carbocycles. The van der Waals surface area contributed by atoms with Gasteiger partial charge in [-0.25, -0.2) is 0 Å². The molecule has 0 aliphatic heterocycles. The number of carbonyl (C=O) groups is 1. The Kier molecular flexibility index (Phi) is 4.53. The minimum absolute atomic E-state index is 0.0172. The summed E-state index contributed by atoms with van der Waals surface area (Å²) >= 11 is 1.12. The average molecular weight is 328 g/mol. The van der Waals surface area contributed by atoms with E-state index in [4.69, 9.17) is 4.42 Å². The van der Waals surface area contributed by atoms with Gasteiger partial charge in [0, 0.05) is 18.0 Å². The van der Waals surface area contributed by atoms with Crippen LogP contribution in [-0.4, -0.2) is 31.9 Å². The molecule has 2 N–H and O–H groups in total. The molecule has 0 aliphatic carbocycles. The molecule has 0 spiro atoms. The molecule has 2 aromatic heterocycles. The zero-order valence-corrected chi connectivity index (χ0v) is 12.7. The lowest BCUT2D eigenvalue weighted by Crippen LogP contribution is -2.14. The first-order valence-corrected chi connectivity index (χ1v) is 7.65. The van der Waals surface area contributed by atoms with E-state index < -0.39 is 0 Å². The summed E-state index contributed by atoms with van der Waals surface area (Å²) < 4.78 is 5.48. The molecule has 116 valence electrons. The van der Waals surface area contributed by atoms with Crippen molar-refractivity contribution in [2.24, 2.45) is 0 Å². The number of nitrogens with one attached hydrogen (secondary N) is 1. The number of hydrogen-bond acceptors (Lipinski definition) is 7. The van der Waals surface area contributed by atoms with Crippen LogP contribution in [0, 0.1) is 0 Å². The molecule has 0 atom stereocenters. The third-order valence-corrected chi connectivity index (χ3v) is 3.66. The van der Waals surface area contributed by atoms with Gasteiger partial charge in [-0.15, -0.1) is 10.2 Å². The second-order valence-electron chi connectivity index (χ2n) is 4.46. The van der Waals surface area contributed by atoms with Crippen LogP contribution in [0.25, 0.3) is 11.5 Å². The van der Waals surface area contributed by atoms with Gasteiger partial charge < -0.3 is 14.8 Å². The number of aromatic nitrogens is 3. The summed E-state index contributed by atoms with van der Waals surface area (Å²) in [6.07, 6.45) is 3.26. The van der Waals surface area contributed by atoms with Crippen LogP contribution in [0.3, 0.4) is 0 Å². The highest BCUT2D eigenvalue weighted by atomic mass is 32.2. The maximum atomic E-state index is 11.9. The first-order valence-electron chi connectivity index (χ1n) is 6.67. The van der Waals surface area contributed by atoms with Gasteiger partial charge in [0.1, 0.15) is 5.75 Å². The van der Waals surface area contributed by atoms with Crippen molar-refractivity contribution < 1.29 is 14.3 Å². The van der Waals surface area contributed by atoms with Crippen molar-refractivity contribution in [2.75, 3.05) is 11.1 Å². The molecule has 7 nitrogen and oxygen atoms in total. The Hall–Kier alpha value is -2.87. The topological polar surface area (TPSA) is 101 Å². The fraction of sp³-hybridized carbons (Fsp3) is 0.0667. The first kappa shape index (κ1) is 15.0. The molecular weight excluding hydrogens is 316 g/mol. The standard InChI is InChI=1S/C15H12N4O3S/c20-12-4-2-1-3-11(12)17-13(21)9-23-15-19-18-14(22-15)10-5-7-16-8-6-10/h1-8,20H,9H2,(H,17,21). The molecule has 0 radical (unpaired) electrons. The van der Waals surface area contributed by atoms with Crippen LogP contribution in [0.15, 0.2) is 58.4 Å². The Balaban J connectivity index is 1.58. The summed E-state index contributed by atoms with van der Waals surface area (Å²) in [7, 11) is 0. The van der Waals surface area contributed by atoms with Gasteiger partial charge in [0.15, 0.2) is 0 Å². The Labute approximate surface area is 135 Å². The fourth-order valence-electron chi connectivity index (χ4n) is 1.77. The minimum Gasteiger partial charge on any atom is -0.506 e. The third-order valence-electron chi connectivity index (χ3n) is 2.84. The van der Waals surface area contributed by atoms with E-state index in [9.17, 15) is 9.90 Å². The lowest BCUT2D eigenvalue weighted by Gasteiger charge is -2.05. The molecule has 0 saturated carbocycles. The Morgan fingerprint density at radius 2 is 1.96 bits per heavy atom. The highest BCUT2D eigenvalue weighted by molar-refractivity contribution is 7.99. The molecule has 0 unspecified atom stereocenters. The largest absolute Gasteiger partial charge is 0.506 e. The van der Waals surface area contributed by atoms with Crippen LogP contribution in [0.1, 0.15) is 0 Å². The van der Waals surface area contributed by atoms with Gasteiger partial charge in [0.25, 0.3) is 5.22 Å².